The van der Waals surface area contributed by atoms with E-state index in [9.17, 15) is 4.79 Å². The number of aryl methyl sites for hydroxylation is 1. The number of amides is 1. The third-order valence-corrected chi connectivity index (χ3v) is 5.44. The van der Waals surface area contributed by atoms with E-state index in [1.165, 1.54) is 25.7 Å². The van der Waals surface area contributed by atoms with Crippen LogP contribution in [-0.4, -0.2) is 23.5 Å². The Balaban J connectivity index is 2.03. The standard InChI is InChI=1S/C15H22N2OS/c1-11-5-6-12(16)9-13(11)14(18)17-10-15(19-2)7-3-4-8-15/h5-6,9H,3-4,7-8,10,16H2,1-2H3,(H,17,18). The van der Waals surface area contributed by atoms with Gasteiger partial charge in [0.25, 0.3) is 5.91 Å². The topological polar surface area (TPSA) is 55.1 Å². The Morgan fingerprint density at radius 1 is 1.42 bits per heavy atom. The number of nitrogen functional groups attached to an aromatic ring is 1. The SMILES string of the molecule is CSC1(CNC(=O)c2cc(N)ccc2C)CCCC1. The van der Waals surface area contributed by atoms with Crippen LogP contribution < -0.4 is 11.1 Å². The van der Waals surface area contributed by atoms with E-state index in [1.807, 2.05) is 30.8 Å². The van der Waals surface area contributed by atoms with Crippen LogP contribution >= 0.6 is 11.8 Å². The largest absolute Gasteiger partial charge is 0.399 e. The van der Waals surface area contributed by atoms with Crippen molar-refractivity contribution in [2.45, 2.75) is 37.4 Å². The van der Waals surface area contributed by atoms with Gasteiger partial charge < -0.3 is 11.1 Å². The van der Waals surface area contributed by atoms with Crippen LogP contribution in [0.25, 0.3) is 0 Å². The molecule has 0 aliphatic heterocycles. The van der Waals surface area contributed by atoms with Gasteiger partial charge in [-0.15, -0.1) is 0 Å². The zero-order chi connectivity index (χ0) is 13.9. The van der Waals surface area contributed by atoms with Crippen molar-refractivity contribution < 1.29 is 4.79 Å². The molecule has 0 aromatic heterocycles. The lowest BCUT2D eigenvalue weighted by molar-refractivity contribution is 0.0949. The van der Waals surface area contributed by atoms with E-state index in [4.69, 9.17) is 5.73 Å². The van der Waals surface area contributed by atoms with E-state index in [0.717, 1.165) is 12.1 Å². The molecule has 0 heterocycles. The molecular formula is C15H22N2OS. The Kier molecular flexibility index (Phi) is 4.40. The van der Waals surface area contributed by atoms with Gasteiger partial charge in [0.05, 0.1) is 0 Å². The number of nitrogens with one attached hydrogen (secondary N) is 1. The Bertz CT molecular complexity index is 467. The fourth-order valence-electron chi connectivity index (χ4n) is 2.69. The molecule has 3 nitrogen and oxygen atoms in total. The van der Waals surface area contributed by atoms with Crippen molar-refractivity contribution in [2.24, 2.45) is 0 Å². The van der Waals surface area contributed by atoms with E-state index in [2.05, 4.69) is 11.6 Å². The first-order valence-corrected chi connectivity index (χ1v) is 7.98. The average Bonchev–Trinajstić information content (AvgIpc) is 2.88. The summed E-state index contributed by atoms with van der Waals surface area (Å²) in [5.74, 6) is -0.00914. The third kappa shape index (κ3) is 3.24. The molecule has 4 heteroatoms. The van der Waals surface area contributed by atoms with Crippen molar-refractivity contribution in [3.05, 3.63) is 29.3 Å². The number of rotatable bonds is 4. The number of hydrogen-bond donors (Lipinski definition) is 2. The van der Waals surface area contributed by atoms with Crippen molar-refractivity contribution in [3.63, 3.8) is 0 Å². The van der Waals surface area contributed by atoms with Gasteiger partial charge in [0.15, 0.2) is 0 Å². The second kappa shape index (κ2) is 5.87. The quantitative estimate of drug-likeness (QED) is 0.833. The molecule has 1 aromatic carbocycles. The molecule has 0 spiro atoms. The molecule has 0 radical (unpaired) electrons. The minimum atomic E-state index is -0.00914. The number of nitrogens with two attached hydrogens (primary N) is 1. The van der Waals surface area contributed by atoms with Gasteiger partial charge >= 0.3 is 0 Å². The minimum absolute atomic E-state index is 0.00914. The normalized spacial score (nSPS) is 17.4. The van der Waals surface area contributed by atoms with Crippen molar-refractivity contribution >= 4 is 23.4 Å². The highest BCUT2D eigenvalue weighted by Gasteiger charge is 2.33. The summed E-state index contributed by atoms with van der Waals surface area (Å²) in [6, 6.07) is 5.47. The van der Waals surface area contributed by atoms with Gasteiger partial charge in [0.2, 0.25) is 0 Å². The highest BCUT2D eigenvalue weighted by atomic mass is 32.2. The molecule has 2 rings (SSSR count). The van der Waals surface area contributed by atoms with Gasteiger partial charge in [0.1, 0.15) is 0 Å². The van der Waals surface area contributed by atoms with Gasteiger partial charge in [-0.25, -0.2) is 0 Å². The Morgan fingerprint density at radius 3 is 2.74 bits per heavy atom. The predicted octanol–water partition coefficient (Wildman–Crippen LogP) is 2.98. The van der Waals surface area contributed by atoms with Crippen LogP contribution in [-0.2, 0) is 0 Å². The number of carbonyl (C=O) groups excluding carboxylic acids is 1. The van der Waals surface area contributed by atoms with Crippen molar-refractivity contribution in [3.8, 4) is 0 Å². The molecule has 104 valence electrons. The average molecular weight is 278 g/mol. The second-order valence-corrected chi connectivity index (χ2v) is 6.63. The first-order chi connectivity index (χ1) is 9.06. The molecule has 1 fully saturated rings. The number of thioether (sulfide) groups is 1. The summed E-state index contributed by atoms with van der Waals surface area (Å²) in [7, 11) is 0. The first-order valence-electron chi connectivity index (χ1n) is 6.76. The fourth-order valence-corrected chi connectivity index (χ4v) is 3.61. The Morgan fingerprint density at radius 2 is 2.11 bits per heavy atom. The molecule has 3 N–H and O–H groups in total. The van der Waals surface area contributed by atoms with E-state index < -0.39 is 0 Å². The van der Waals surface area contributed by atoms with Crippen LogP contribution in [0.1, 0.15) is 41.6 Å². The van der Waals surface area contributed by atoms with Crippen molar-refractivity contribution in [2.75, 3.05) is 18.5 Å². The van der Waals surface area contributed by atoms with Crippen molar-refractivity contribution in [1.82, 2.24) is 5.32 Å². The number of carbonyl (C=O) groups is 1. The monoisotopic (exact) mass is 278 g/mol. The molecule has 1 aliphatic carbocycles. The second-order valence-electron chi connectivity index (χ2n) is 5.35. The van der Waals surface area contributed by atoms with Crippen LogP contribution in [0.2, 0.25) is 0 Å². The van der Waals surface area contributed by atoms with Gasteiger partial charge in [-0.05, 0) is 43.7 Å². The Hall–Kier alpha value is -1.16. The molecule has 1 amide bonds. The van der Waals surface area contributed by atoms with Gasteiger partial charge in [-0.3, -0.25) is 4.79 Å². The van der Waals surface area contributed by atoms with Crippen LogP contribution in [0, 0.1) is 6.92 Å². The number of benzene rings is 1. The highest BCUT2D eigenvalue weighted by molar-refractivity contribution is 8.00. The van der Waals surface area contributed by atoms with Crippen LogP contribution in [0.15, 0.2) is 18.2 Å². The lowest BCUT2D eigenvalue weighted by atomic mass is 10.1. The summed E-state index contributed by atoms with van der Waals surface area (Å²) < 4.78 is 0.240. The number of hydrogen-bond acceptors (Lipinski definition) is 3. The van der Waals surface area contributed by atoms with Gasteiger partial charge in [-0.1, -0.05) is 18.9 Å². The minimum Gasteiger partial charge on any atom is -0.399 e. The zero-order valence-corrected chi connectivity index (χ0v) is 12.5. The van der Waals surface area contributed by atoms with E-state index in [-0.39, 0.29) is 10.7 Å². The maximum atomic E-state index is 12.3. The molecule has 1 aliphatic rings. The molecule has 0 saturated heterocycles. The summed E-state index contributed by atoms with van der Waals surface area (Å²) in [6.45, 7) is 2.69. The summed E-state index contributed by atoms with van der Waals surface area (Å²) in [5.41, 5.74) is 8.04. The molecule has 0 bridgehead atoms. The van der Waals surface area contributed by atoms with Crippen LogP contribution in [0.5, 0.6) is 0 Å². The lowest BCUT2D eigenvalue weighted by Gasteiger charge is -2.27. The van der Waals surface area contributed by atoms with Gasteiger partial charge in [-0.2, -0.15) is 11.8 Å². The first kappa shape index (κ1) is 14.3. The smallest absolute Gasteiger partial charge is 0.251 e. The maximum absolute atomic E-state index is 12.3. The lowest BCUT2D eigenvalue weighted by Crippen LogP contribution is -2.38. The van der Waals surface area contributed by atoms with Crippen LogP contribution in [0.4, 0.5) is 5.69 Å². The predicted molar refractivity (Wildman–Crippen MR) is 82.6 cm³/mol. The van der Waals surface area contributed by atoms with Gasteiger partial charge in [0, 0.05) is 22.5 Å². The molecular weight excluding hydrogens is 256 g/mol. The summed E-state index contributed by atoms with van der Waals surface area (Å²) in [4.78, 5) is 12.3. The summed E-state index contributed by atoms with van der Waals surface area (Å²) >= 11 is 1.88. The molecule has 1 saturated carbocycles. The van der Waals surface area contributed by atoms with Crippen molar-refractivity contribution in [1.29, 1.82) is 0 Å². The van der Waals surface area contributed by atoms with E-state index in [1.54, 1.807) is 6.07 Å². The zero-order valence-electron chi connectivity index (χ0n) is 11.7. The fraction of sp³-hybridized carbons (Fsp3) is 0.533. The molecule has 0 atom stereocenters. The Labute approximate surface area is 119 Å². The number of anilines is 1. The highest BCUT2D eigenvalue weighted by Crippen LogP contribution is 2.39. The van der Waals surface area contributed by atoms with E-state index >= 15 is 0 Å². The molecule has 0 unspecified atom stereocenters. The summed E-state index contributed by atoms with van der Waals surface area (Å²) in [6.07, 6.45) is 7.08. The maximum Gasteiger partial charge on any atom is 0.251 e. The molecule has 19 heavy (non-hydrogen) atoms. The summed E-state index contributed by atoms with van der Waals surface area (Å²) in [5, 5.41) is 3.09. The molecule has 1 aromatic rings. The van der Waals surface area contributed by atoms with E-state index in [0.29, 0.717) is 11.3 Å². The van der Waals surface area contributed by atoms with Crippen LogP contribution in [0.3, 0.4) is 0 Å². The third-order valence-electron chi connectivity index (χ3n) is 4.03.